The first kappa shape index (κ1) is 18.9. The van der Waals surface area contributed by atoms with Gasteiger partial charge >= 0.3 is 0 Å². The van der Waals surface area contributed by atoms with Gasteiger partial charge in [0, 0.05) is 17.8 Å². The van der Waals surface area contributed by atoms with Crippen molar-refractivity contribution in [1.82, 2.24) is 15.3 Å². The highest BCUT2D eigenvalue weighted by Gasteiger charge is 2.07. The Morgan fingerprint density at radius 2 is 1.93 bits per heavy atom. The van der Waals surface area contributed by atoms with E-state index in [1.54, 1.807) is 18.4 Å². The third-order valence-electron chi connectivity index (χ3n) is 3.85. The normalized spacial score (nSPS) is 10.6. The number of carbonyl (C=O) groups excluding carboxylic acids is 1. The second-order valence-electron chi connectivity index (χ2n) is 5.85. The fourth-order valence-electron chi connectivity index (χ4n) is 2.53. The average molecular weight is 386 g/mol. The highest BCUT2D eigenvalue weighted by atomic mass is 32.1. The summed E-state index contributed by atoms with van der Waals surface area (Å²) >= 11 is 1.63. The average Bonchev–Trinajstić information content (AvgIpc) is 3.07. The number of thiophene rings is 1. The number of carbonyl (C=O) groups is 1. The largest absolute Gasteiger partial charge is 0.497 e. The molecule has 0 aliphatic rings. The predicted octanol–water partition coefficient (Wildman–Crippen LogP) is 3.01. The van der Waals surface area contributed by atoms with Crippen LogP contribution >= 0.6 is 11.3 Å². The molecule has 1 amide bonds. The molecule has 2 heterocycles. The molecule has 0 bridgehead atoms. The van der Waals surface area contributed by atoms with E-state index in [9.17, 15) is 4.79 Å². The Hall–Kier alpha value is -2.87. The lowest BCUT2D eigenvalue weighted by Gasteiger charge is -2.09. The number of aromatic nitrogens is 2. The maximum Gasteiger partial charge on any atom is 0.221 e. The number of amides is 1. The maximum absolute atomic E-state index is 11.9. The third kappa shape index (κ3) is 5.30. The molecule has 2 N–H and O–H groups in total. The van der Waals surface area contributed by atoms with Gasteiger partial charge in [0.2, 0.25) is 5.91 Å². The number of fused-ring (bicyclic) bond motifs is 1. The number of nitrogens with zero attached hydrogens (tertiary/aromatic N) is 2. The molecule has 0 unspecified atom stereocenters. The summed E-state index contributed by atoms with van der Waals surface area (Å²) in [6.07, 6.45) is 1.90. The number of aryl methyl sites for hydroxylation is 1. The van der Waals surface area contributed by atoms with Crippen molar-refractivity contribution in [3.63, 3.8) is 0 Å². The molecule has 0 atom stereocenters. The van der Waals surface area contributed by atoms with Crippen LogP contribution in [0.2, 0.25) is 0 Å². The van der Waals surface area contributed by atoms with Gasteiger partial charge in [0.05, 0.1) is 19.0 Å². The van der Waals surface area contributed by atoms with Gasteiger partial charge in [-0.1, -0.05) is 0 Å². The van der Waals surface area contributed by atoms with Gasteiger partial charge < -0.3 is 20.1 Å². The van der Waals surface area contributed by atoms with Gasteiger partial charge in [-0.2, -0.15) is 0 Å². The summed E-state index contributed by atoms with van der Waals surface area (Å²) in [6.45, 7) is 3.41. The van der Waals surface area contributed by atoms with Crippen LogP contribution in [0.15, 0.2) is 36.7 Å². The van der Waals surface area contributed by atoms with Gasteiger partial charge in [0.15, 0.2) is 0 Å². The number of nitrogens with one attached hydrogen (secondary N) is 2. The highest BCUT2D eigenvalue weighted by molar-refractivity contribution is 7.18. The molecule has 7 nitrogen and oxygen atoms in total. The first-order valence-electron chi connectivity index (χ1n) is 8.64. The molecular weight excluding hydrogens is 364 g/mol. The minimum atomic E-state index is -0.0346. The Balaban J connectivity index is 1.35. The van der Waals surface area contributed by atoms with E-state index in [4.69, 9.17) is 9.47 Å². The van der Waals surface area contributed by atoms with E-state index in [0.29, 0.717) is 26.1 Å². The molecule has 0 radical (unpaired) electrons. The predicted molar refractivity (Wildman–Crippen MR) is 107 cm³/mol. The Morgan fingerprint density at radius 3 is 2.70 bits per heavy atom. The lowest BCUT2D eigenvalue weighted by molar-refractivity contribution is -0.120. The molecule has 0 aliphatic heterocycles. The Morgan fingerprint density at radius 1 is 1.15 bits per heavy atom. The van der Waals surface area contributed by atoms with Crippen LogP contribution in [-0.4, -0.2) is 42.7 Å². The first-order valence-corrected chi connectivity index (χ1v) is 9.46. The van der Waals surface area contributed by atoms with Crippen molar-refractivity contribution in [2.45, 2.75) is 13.3 Å². The van der Waals surface area contributed by atoms with Gasteiger partial charge in [-0.25, -0.2) is 9.97 Å². The van der Waals surface area contributed by atoms with E-state index < -0.39 is 0 Å². The van der Waals surface area contributed by atoms with Crippen LogP contribution in [0.3, 0.4) is 0 Å². The van der Waals surface area contributed by atoms with Crippen LogP contribution in [0.25, 0.3) is 10.2 Å². The zero-order valence-electron chi connectivity index (χ0n) is 15.3. The van der Waals surface area contributed by atoms with Gasteiger partial charge in [-0.05, 0) is 37.3 Å². The highest BCUT2D eigenvalue weighted by Crippen LogP contribution is 2.27. The molecule has 0 saturated carbocycles. The van der Waals surface area contributed by atoms with Gasteiger partial charge in [-0.3, -0.25) is 4.79 Å². The van der Waals surface area contributed by atoms with E-state index in [1.165, 1.54) is 11.2 Å². The van der Waals surface area contributed by atoms with E-state index >= 15 is 0 Å². The second-order valence-corrected chi connectivity index (χ2v) is 7.08. The molecule has 0 saturated heterocycles. The summed E-state index contributed by atoms with van der Waals surface area (Å²) in [5.41, 5.74) is 0. The molecule has 3 rings (SSSR count). The van der Waals surface area contributed by atoms with Crippen molar-refractivity contribution >= 4 is 33.3 Å². The molecule has 1 aromatic carbocycles. The lowest BCUT2D eigenvalue weighted by atomic mass is 10.3. The fraction of sp³-hybridized carbons (Fsp3) is 0.316. The summed E-state index contributed by atoms with van der Waals surface area (Å²) in [4.78, 5) is 22.6. The summed E-state index contributed by atoms with van der Waals surface area (Å²) in [5.74, 6) is 2.25. The van der Waals surface area contributed by atoms with E-state index in [2.05, 4.69) is 26.7 Å². The molecule has 0 fully saturated rings. The fourth-order valence-corrected chi connectivity index (χ4v) is 3.38. The summed E-state index contributed by atoms with van der Waals surface area (Å²) in [5, 5.41) is 7.05. The Bertz CT molecular complexity index is 896. The number of rotatable bonds is 9. The topological polar surface area (TPSA) is 85.4 Å². The Kier molecular flexibility index (Phi) is 6.43. The van der Waals surface area contributed by atoms with Crippen molar-refractivity contribution in [2.75, 3.05) is 32.1 Å². The molecule has 3 aromatic rings. The van der Waals surface area contributed by atoms with Crippen LogP contribution < -0.4 is 20.1 Å². The monoisotopic (exact) mass is 386 g/mol. The van der Waals surface area contributed by atoms with Gasteiger partial charge in [0.1, 0.15) is 35.1 Å². The number of methoxy groups -OCH3 is 1. The van der Waals surface area contributed by atoms with Crippen molar-refractivity contribution in [3.8, 4) is 11.5 Å². The van der Waals surface area contributed by atoms with Gasteiger partial charge in [-0.15, -0.1) is 11.3 Å². The summed E-state index contributed by atoms with van der Waals surface area (Å²) < 4.78 is 10.7. The molecule has 0 spiro atoms. The number of hydrogen-bond donors (Lipinski definition) is 2. The number of anilines is 1. The van der Waals surface area contributed by atoms with Gasteiger partial charge in [0.25, 0.3) is 0 Å². The molecule has 27 heavy (non-hydrogen) atoms. The van der Waals surface area contributed by atoms with E-state index in [-0.39, 0.29) is 5.91 Å². The van der Waals surface area contributed by atoms with E-state index in [0.717, 1.165) is 27.5 Å². The standard InChI is InChI=1S/C19H22N4O3S/c1-13-11-16-18(22-12-23-19(16)27-13)21-8-7-17(24)20-9-10-26-15-5-3-14(25-2)4-6-15/h3-6,11-12H,7-10H2,1-2H3,(H,20,24)(H,21,22,23). The van der Waals surface area contributed by atoms with E-state index in [1.807, 2.05) is 31.2 Å². The van der Waals surface area contributed by atoms with Crippen LogP contribution in [-0.2, 0) is 4.79 Å². The van der Waals surface area contributed by atoms with Crippen molar-refractivity contribution < 1.29 is 14.3 Å². The minimum Gasteiger partial charge on any atom is -0.497 e. The first-order chi connectivity index (χ1) is 13.2. The molecule has 142 valence electrons. The van der Waals surface area contributed by atoms with Crippen LogP contribution in [0, 0.1) is 6.92 Å². The van der Waals surface area contributed by atoms with Crippen LogP contribution in [0.1, 0.15) is 11.3 Å². The number of hydrogen-bond acceptors (Lipinski definition) is 7. The van der Waals surface area contributed by atoms with Crippen molar-refractivity contribution in [3.05, 3.63) is 41.5 Å². The molecular formula is C19H22N4O3S. The lowest BCUT2D eigenvalue weighted by Crippen LogP contribution is -2.29. The molecule has 2 aromatic heterocycles. The summed E-state index contributed by atoms with van der Waals surface area (Å²) in [6, 6.07) is 9.38. The second kappa shape index (κ2) is 9.18. The SMILES string of the molecule is COc1ccc(OCCNC(=O)CCNc2ncnc3sc(C)cc23)cc1. The number of ether oxygens (including phenoxy) is 2. The number of benzene rings is 1. The van der Waals surface area contributed by atoms with Crippen LogP contribution in [0.4, 0.5) is 5.82 Å². The zero-order valence-corrected chi connectivity index (χ0v) is 16.1. The summed E-state index contributed by atoms with van der Waals surface area (Å²) in [7, 11) is 1.62. The van der Waals surface area contributed by atoms with Crippen molar-refractivity contribution in [2.24, 2.45) is 0 Å². The maximum atomic E-state index is 11.9. The molecule has 0 aliphatic carbocycles. The minimum absolute atomic E-state index is 0.0346. The zero-order chi connectivity index (χ0) is 19.1. The Labute approximate surface area is 161 Å². The van der Waals surface area contributed by atoms with Crippen molar-refractivity contribution in [1.29, 1.82) is 0 Å². The smallest absolute Gasteiger partial charge is 0.221 e. The quantitative estimate of drug-likeness (QED) is 0.550. The van der Waals surface area contributed by atoms with Crippen LogP contribution in [0.5, 0.6) is 11.5 Å². The third-order valence-corrected chi connectivity index (χ3v) is 4.81. The molecule has 8 heteroatoms.